The van der Waals surface area contributed by atoms with E-state index in [0.29, 0.717) is 0 Å². The van der Waals surface area contributed by atoms with Gasteiger partial charge in [0.2, 0.25) is 0 Å². The Kier molecular flexibility index (Phi) is 4.05. The smallest absolute Gasteiger partial charge is 0.0707 e. The van der Waals surface area contributed by atoms with E-state index < -0.39 is 0 Å². The Morgan fingerprint density at radius 1 is 1.11 bits per heavy atom. The van der Waals surface area contributed by atoms with Gasteiger partial charge < -0.3 is 5.32 Å². The van der Waals surface area contributed by atoms with Crippen molar-refractivity contribution < 1.29 is 0 Å². The molecule has 1 aromatic carbocycles. The summed E-state index contributed by atoms with van der Waals surface area (Å²) >= 11 is 0. The molecule has 0 aliphatic carbocycles. The Morgan fingerprint density at radius 2 is 1.74 bits per heavy atom. The quantitative estimate of drug-likeness (QED) is 0.911. The van der Waals surface area contributed by atoms with E-state index in [9.17, 15) is 0 Å². The van der Waals surface area contributed by atoms with Gasteiger partial charge in [-0.2, -0.15) is 5.10 Å². The van der Waals surface area contributed by atoms with Crippen LogP contribution in [0.4, 0.5) is 0 Å². The van der Waals surface area contributed by atoms with Crippen LogP contribution in [-0.4, -0.2) is 16.3 Å². The highest BCUT2D eigenvalue weighted by atomic mass is 15.3. The fourth-order valence-corrected chi connectivity index (χ4v) is 2.61. The molecule has 1 aromatic heterocycles. The van der Waals surface area contributed by atoms with E-state index in [4.69, 9.17) is 0 Å². The van der Waals surface area contributed by atoms with Gasteiger partial charge in [-0.15, -0.1) is 0 Å². The summed E-state index contributed by atoms with van der Waals surface area (Å²) in [5.74, 6) is 0. The number of rotatable bonds is 4. The third kappa shape index (κ3) is 2.71. The number of aryl methyl sites for hydroxylation is 3. The summed E-state index contributed by atoms with van der Waals surface area (Å²) in [6.07, 6.45) is 1.97. The van der Waals surface area contributed by atoms with Crippen molar-refractivity contribution in [3.8, 4) is 5.69 Å². The highest BCUT2D eigenvalue weighted by Gasteiger charge is 2.12. The number of benzene rings is 1. The number of nitrogens with one attached hydrogen (secondary N) is 1. The lowest BCUT2D eigenvalue weighted by atomic mass is 10.0. The van der Waals surface area contributed by atoms with E-state index in [2.05, 4.69) is 61.8 Å². The monoisotopic (exact) mass is 257 g/mol. The average Bonchev–Trinajstić information content (AvgIpc) is 2.68. The lowest BCUT2D eigenvalue weighted by Crippen LogP contribution is -2.12. The average molecular weight is 257 g/mol. The second-order valence-electron chi connectivity index (χ2n) is 5.19. The number of hydrogen-bond donors (Lipinski definition) is 1. The molecule has 1 heterocycles. The first-order valence-corrected chi connectivity index (χ1v) is 6.87. The maximum atomic E-state index is 4.57. The topological polar surface area (TPSA) is 29.9 Å². The van der Waals surface area contributed by atoms with Gasteiger partial charge in [-0.3, -0.25) is 0 Å². The Hall–Kier alpha value is -1.61. The van der Waals surface area contributed by atoms with Crippen molar-refractivity contribution in [1.82, 2.24) is 15.1 Å². The van der Waals surface area contributed by atoms with Crippen LogP contribution in [0.25, 0.3) is 5.69 Å². The Bertz CT molecular complexity index is 559. The molecule has 2 aromatic rings. The van der Waals surface area contributed by atoms with Crippen LogP contribution in [0.1, 0.15) is 34.9 Å². The molecule has 1 N–H and O–H groups in total. The molecule has 0 amide bonds. The summed E-state index contributed by atoms with van der Waals surface area (Å²) in [5.41, 5.74) is 7.55. The van der Waals surface area contributed by atoms with Gasteiger partial charge in [-0.1, -0.05) is 24.6 Å². The van der Waals surface area contributed by atoms with Gasteiger partial charge in [0.05, 0.1) is 11.9 Å². The molecule has 3 nitrogen and oxygen atoms in total. The largest absolute Gasteiger partial charge is 0.313 e. The van der Waals surface area contributed by atoms with Gasteiger partial charge in [-0.25, -0.2) is 4.68 Å². The van der Waals surface area contributed by atoms with Gasteiger partial charge in [0, 0.05) is 17.8 Å². The van der Waals surface area contributed by atoms with Crippen LogP contribution in [0.3, 0.4) is 0 Å². The maximum absolute atomic E-state index is 4.57. The normalized spacial score (nSPS) is 11.0. The summed E-state index contributed by atoms with van der Waals surface area (Å²) < 4.78 is 2.07. The van der Waals surface area contributed by atoms with Crippen LogP contribution < -0.4 is 5.32 Å². The molecule has 19 heavy (non-hydrogen) atoms. The third-order valence-corrected chi connectivity index (χ3v) is 3.52. The fraction of sp³-hybridized carbons (Fsp3) is 0.438. The van der Waals surface area contributed by atoms with Crippen LogP contribution in [-0.2, 0) is 6.54 Å². The molecule has 0 radical (unpaired) electrons. The highest BCUT2D eigenvalue weighted by Crippen LogP contribution is 2.23. The standard InChI is InChI=1S/C16H23N3/c1-6-17-9-15-10-18-19(14(15)5)16-12(3)7-11(2)8-13(16)4/h7-8,10,17H,6,9H2,1-5H3. The molecular weight excluding hydrogens is 234 g/mol. The number of nitrogens with zero attached hydrogens (tertiary/aromatic N) is 2. The Labute approximate surface area is 115 Å². The summed E-state index contributed by atoms with van der Waals surface area (Å²) in [5, 5.41) is 7.92. The summed E-state index contributed by atoms with van der Waals surface area (Å²) in [6, 6.07) is 4.43. The third-order valence-electron chi connectivity index (χ3n) is 3.52. The maximum Gasteiger partial charge on any atom is 0.0707 e. The molecule has 0 spiro atoms. The molecule has 0 unspecified atom stereocenters. The highest BCUT2D eigenvalue weighted by molar-refractivity contribution is 5.50. The summed E-state index contributed by atoms with van der Waals surface area (Å²) in [4.78, 5) is 0. The number of hydrogen-bond acceptors (Lipinski definition) is 2. The second-order valence-corrected chi connectivity index (χ2v) is 5.19. The van der Waals surface area contributed by atoms with Gasteiger partial charge in [-0.05, 0) is 45.4 Å². The van der Waals surface area contributed by atoms with Crippen LogP contribution >= 0.6 is 0 Å². The predicted octanol–water partition coefficient (Wildman–Crippen LogP) is 3.22. The van der Waals surface area contributed by atoms with Crippen molar-refractivity contribution in [3.05, 3.63) is 46.3 Å². The molecule has 0 aliphatic rings. The predicted molar refractivity (Wildman–Crippen MR) is 79.9 cm³/mol. The van der Waals surface area contributed by atoms with Gasteiger partial charge >= 0.3 is 0 Å². The lowest BCUT2D eigenvalue weighted by molar-refractivity contribution is 0.721. The van der Waals surface area contributed by atoms with E-state index in [1.165, 1.54) is 33.6 Å². The molecule has 0 bridgehead atoms. The summed E-state index contributed by atoms with van der Waals surface area (Å²) in [7, 11) is 0. The fourth-order valence-electron chi connectivity index (χ4n) is 2.61. The van der Waals surface area contributed by atoms with E-state index in [1.54, 1.807) is 0 Å². The van der Waals surface area contributed by atoms with Gasteiger partial charge in [0.1, 0.15) is 0 Å². The van der Waals surface area contributed by atoms with E-state index >= 15 is 0 Å². The van der Waals surface area contributed by atoms with Crippen molar-refractivity contribution in [2.24, 2.45) is 0 Å². The minimum absolute atomic E-state index is 0.881. The first-order chi connectivity index (χ1) is 9.04. The zero-order chi connectivity index (χ0) is 14.0. The Morgan fingerprint density at radius 3 is 2.32 bits per heavy atom. The van der Waals surface area contributed by atoms with Gasteiger partial charge in [0.15, 0.2) is 0 Å². The molecular formula is C16H23N3. The number of aromatic nitrogens is 2. The molecule has 0 saturated carbocycles. The van der Waals surface area contributed by atoms with Crippen molar-refractivity contribution in [2.75, 3.05) is 6.54 Å². The minimum Gasteiger partial charge on any atom is -0.313 e. The van der Waals surface area contributed by atoms with Crippen molar-refractivity contribution in [2.45, 2.75) is 41.2 Å². The second kappa shape index (κ2) is 5.57. The van der Waals surface area contributed by atoms with Crippen molar-refractivity contribution in [3.63, 3.8) is 0 Å². The SMILES string of the molecule is CCNCc1cnn(-c2c(C)cc(C)cc2C)c1C. The first-order valence-electron chi connectivity index (χ1n) is 6.87. The first kappa shape index (κ1) is 13.8. The van der Waals surface area contributed by atoms with E-state index in [1.807, 2.05) is 6.20 Å². The minimum atomic E-state index is 0.881. The molecule has 0 fully saturated rings. The zero-order valence-corrected chi connectivity index (χ0v) is 12.5. The Balaban J connectivity index is 2.45. The van der Waals surface area contributed by atoms with Crippen LogP contribution in [0.5, 0.6) is 0 Å². The summed E-state index contributed by atoms with van der Waals surface area (Å²) in [6.45, 7) is 12.6. The molecule has 0 saturated heterocycles. The van der Waals surface area contributed by atoms with E-state index in [-0.39, 0.29) is 0 Å². The van der Waals surface area contributed by atoms with Crippen LogP contribution in [0, 0.1) is 27.7 Å². The molecule has 0 aliphatic heterocycles. The lowest BCUT2D eigenvalue weighted by Gasteiger charge is -2.13. The van der Waals surface area contributed by atoms with Crippen molar-refractivity contribution in [1.29, 1.82) is 0 Å². The molecule has 0 atom stereocenters. The van der Waals surface area contributed by atoms with Crippen molar-refractivity contribution >= 4 is 0 Å². The molecule has 3 heteroatoms. The van der Waals surface area contributed by atoms with Crippen LogP contribution in [0.2, 0.25) is 0 Å². The van der Waals surface area contributed by atoms with E-state index in [0.717, 1.165) is 13.1 Å². The zero-order valence-electron chi connectivity index (χ0n) is 12.5. The molecule has 2 rings (SSSR count). The van der Waals surface area contributed by atoms with Gasteiger partial charge in [0.25, 0.3) is 0 Å². The molecule has 102 valence electrons. The van der Waals surface area contributed by atoms with Crippen LogP contribution in [0.15, 0.2) is 18.3 Å².